The number of ketones is 1. The fraction of sp³-hybridized carbons (Fsp3) is 0.364. The minimum atomic E-state index is -3.82. The van der Waals surface area contributed by atoms with Crippen LogP contribution >= 0.6 is 0 Å². The van der Waals surface area contributed by atoms with E-state index in [4.69, 9.17) is 5.11 Å². The number of carboxylic acid groups (broad SMARTS) is 1. The zero-order valence-electron chi connectivity index (χ0n) is 17.5. The predicted molar refractivity (Wildman–Crippen MR) is 118 cm³/mol. The minimum absolute atomic E-state index is 0.200. The topological polar surface area (TPSA) is 107 Å². The summed E-state index contributed by atoms with van der Waals surface area (Å²) in [5, 5.41) is 11.2. The molecule has 1 aliphatic carbocycles. The van der Waals surface area contributed by atoms with E-state index in [0.717, 1.165) is 5.69 Å². The molecule has 2 aliphatic rings. The SMILES string of the molecule is CC1C=CC=C(C#CC(CS(=O)(=O)N2CCN(c3ccc(F)cc3)CC2)NC(=O)O)C1=O. The first-order valence-corrected chi connectivity index (χ1v) is 11.7. The van der Waals surface area contributed by atoms with Crippen LogP contribution in [0.25, 0.3) is 0 Å². The molecule has 0 aromatic heterocycles. The van der Waals surface area contributed by atoms with Crippen molar-refractivity contribution in [2.45, 2.75) is 13.0 Å². The monoisotopic (exact) mass is 461 g/mol. The van der Waals surface area contributed by atoms with Crippen LogP contribution in [0.4, 0.5) is 14.9 Å². The third-order valence-corrected chi connectivity index (χ3v) is 7.13. The van der Waals surface area contributed by atoms with E-state index in [1.807, 2.05) is 4.90 Å². The summed E-state index contributed by atoms with van der Waals surface area (Å²) in [6.07, 6.45) is 3.53. The van der Waals surface area contributed by atoms with Crippen molar-refractivity contribution in [3.05, 3.63) is 53.9 Å². The van der Waals surface area contributed by atoms with Gasteiger partial charge in [-0.15, -0.1) is 0 Å². The van der Waals surface area contributed by atoms with Gasteiger partial charge in [-0.3, -0.25) is 4.79 Å². The summed E-state index contributed by atoms with van der Waals surface area (Å²) in [5.41, 5.74) is 1.01. The van der Waals surface area contributed by atoms with Crippen LogP contribution in [0.2, 0.25) is 0 Å². The van der Waals surface area contributed by atoms with Gasteiger partial charge >= 0.3 is 6.09 Å². The molecule has 1 amide bonds. The number of anilines is 1. The lowest BCUT2D eigenvalue weighted by Gasteiger charge is -2.35. The van der Waals surface area contributed by atoms with Crippen molar-refractivity contribution in [2.24, 2.45) is 5.92 Å². The Morgan fingerprint density at radius 1 is 1.25 bits per heavy atom. The van der Waals surface area contributed by atoms with Gasteiger partial charge in [0.15, 0.2) is 5.78 Å². The van der Waals surface area contributed by atoms with Crippen LogP contribution < -0.4 is 10.2 Å². The van der Waals surface area contributed by atoms with Crippen LogP contribution in [0.3, 0.4) is 0 Å². The van der Waals surface area contributed by atoms with Crippen LogP contribution in [0.5, 0.6) is 0 Å². The van der Waals surface area contributed by atoms with E-state index in [0.29, 0.717) is 13.1 Å². The fourth-order valence-electron chi connectivity index (χ4n) is 3.46. The van der Waals surface area contributed by atoms with Gasteiger partial charge < -0.3 is 15.3 Å². The van der Waals surface area contributed by atoms with Crippen molar-refractivity contribution >= 4 is 27.6 Å². The second kappa shape index (κ2) is 9.97. The summed E-state index contributed by atoms with van der Waals surface area (Å²) in [6.45, 7) is 2.96. The molecule has 1 aliphatic heterocycles. The Morgan fingerprint density at radius 2 is 1.91 bits per heavy atom. The number of amides is 1. The summed E-state index contributed by atoms with van der Waals surface area (Å²) in [6, 6.07) is 4.78. The van der Waals surface area contributed by atoms with Gasteiger partial charge in [0, 0.05) is 37.8 Å². The van der Waals surface area contributed by atoms with Crippen LogP contribution in [0.1, 0.15) is 6.92 Å². The number of allylic oxidation sites excluding steroid dienone is 4. The number of nitrogens with one attached hydrogen (secondary N) is 1. The van der Waals surface area contributed by atoms with Crippen molar-refractivity contribution in [3.63, 3.8) is 0 Å². The highest BCUT2D eigenvalue weighted by Gasteiger charge is 2.30. The van der Waals surface area contributed by atoms with Gasteiger partial charge in [0.05, 0.1) is 11.3 Å². The lowest BCUT2D eigenvalue weighted by Crippen LogP contribution is -2.51. The van der Waals surface area contributed by atoms with Crippen LogP contribution in [-0.4, -0.2) is 67.7 Å². The van der Waals surface area contributed by atoms with Crippen LogP contribution in [-0.2, 0) is 14.8 Å². The number of hydrogen-bond donors (Lipinski definition) is 2. The molecule has 1 fully saturated rings. The number of carbonyl (C=O) groups is 2. The molecular weight excluding hydrogens is 437 g/mol. The molecule has 2 unspecified atom stereocenters. The molecule has 0 radical (unpaired) electrons. The first-order valence-electron chi connectivity index (χ1n) is 10.1. The molecule has 10 heteroatoms. The summed E-state index contributed by atoms with van der Waals surface area (Å²) in [7, 11) is -3.82. The average molecular weight is 462 g/mol. The molecule has 8 nitrogen and oxygen atoms in total. The van der Waals surface area contributed by atoms with Gasteiger partial charge in [-0.1, -0.05) is 30.9 Å². The number of nitrogens with zero attached hydrogens (tertiary/aromatic N) is 2. The quantitative estimate of drug-likeness (QED) is 0.646. The molecule has 1 aromatic rings. The Kier molecular flexibility index (Phi) is 7.33. The van der Waals surface area contributed by atoms with Crippen molar-refractivity contribution in [1.29, 1.82) is 0 Å². The number of carbonyl (C=O) groups excluding carboxylic acids is 1. The minimum Gasteiger partial charge on any atom is -0.465 e. The normalized spacial score (nSPS) is 20.2. The van der Waals surface area contributed by atoms with Crippen LogP contribution in [0, 0.1) is 23.6 Å². The number of benzene rings is 1. The van der Waals surface area contributed by atoms with E-state index in [2.05, 4.69) is 17.2 Å². The molecule has 170 valence electrons. The molecule has 1 heterocycles. The zero-order valence-corrected chi connectivity index (χ0v) is 18.3. The standard InChI is InChI=1S/C22H24FN3O5S/c1-16-3-2-4-17(21(16)27)5-8-19(24-22(28)29)15-32(30,31)26-13-11-25(12-14-26)20-9-6-18(23)7-10-20/h2-4,6-7,9-10,16,19,24H,11-15H2,1H3,(H,28,29). The number of rotatable bonds is 5. The molecule has 32 heavy (non-hydrogen) atoms. The van der Waals surface area contributed by atoms with Gasteiger partial charge in [-0.2, -0.15) is 4.31 Å². The number of halogens is 1. The molecule has 0 spiro atoms. The number of hydrogen-bond acceptors (Lipinski definition) is 5. The van der Waals surface area contributed by atoms with Gasteiger partial charge in [0.1, 0.15) is 11.9 Å². The first kappa shape index (κ1) is 23.5. The second-order valence-electron chi connectivity index (χ2n) is 7.53. The number of piperazine rings is 1. The Labute approximate surface area is 186 Å². The molecule has 1 saturated heterocycles. The van der Waals surface area contributed by atoms with E-state index in [1.165, 1.54) is 22.5 Å². The van der Waals surface area contributed by atoms with Crippen molar-refractivity contribution < 1.29 is 27.5 Å². The smallest absolute Gasteiger partial charge is 0.405 e. The Morgan fingerprint density at radius 3 is 2.53 bits per heavy atom. The number of sulfonamides is 1. The first-order chi connectivity index (χ1) is 15.2. The van der Waals surface area contributed by atoms with Gasteiger partial charge in [0.25, 0.3) is 0 Å². The van der Waals surface area contributed by atoms with Crippen molar-refractivity contribution in [3.8, 4) is 11.8 Å². The summed E-state index contributed by atoms with van der Waals surface area (Å²) in [5.74, 6) is 3.79. The van der Waals surface area contributed by atoms with Crippen LogP contribution in [0.15, 0.2) is 48.1 Å². The highest BCUT2D eigenvalue weighted by atomic mass is 32.2. The van der Waals surface area contributed by atoms with Gasteiger partial charge in [-0.25, -0.2) is 17.6 Å². The molecule has 1 aromatic carbocycles. The lowest BCUT2D eigenvalue weighted by atomic mass is 9.94. The third-order valence-electron chi connectivity index (χ3n) is 5.22. The highest BCUT2D eigenvalue weighted by Crippen LogP contribution is 2.19. The average Bonchev–Trinajstić information content (AvgIpc) is 2.74. The summed E-state index contributed by atoms with van der Waals surface area (Å²) >= 11 is 0. The van der Waals surface area contributed by atoms with Gasteiger partial charge in [0.2, 0.25) is 10.0 Å². The molecular formula is C22H24FN3O5S. The molecule has 2 atom stereocenters. The van der Waals surface area contributed by atoms with E-state index in [-0.39, 0.29) is 36.2 Å². The largest absolute Gasteiger partial charge is 0.465 e. The maximum Gasteiger partial charge on any atom is 0.405 e. The van der Waals surface area contributed by atoms with Crippen molar-refractivity contribution in [2.75, 3.05) is 36.8 Å². The van der Waals surface area contributed by atoms with E-state index >= 15 is 0 Å². The Hall–Kier alpha value is -3.16. The summed E-state index contributed by atoms with van der Waals surface area (Å²) < 4.78 is 40.2. The van der Waals surface area contributed by atoms with E-state index in [1.54, 1.807) is 31.2 Å². The number of Topliss-reactive ketones (excluding diaryl/α,β-unsaturated/α-hetero) is 1. The Bertz CT molecular complexity index is 1090. The third kappa shape index (κ3) is 5.96. The molecule has 0 saturated carbocycles. The molecule has 0 bridgehead atoms. The second-order valence-corrected chi connectivity index (χ2v) is 9.54. The Balaban J connectivity index is 1.67. The lowest BCUT2D eigenvalue weighted by molar-refractivity contribution is -0.117. The highest BCUT2D eigenvalue weighted by molar-refractivity contribution is 7.89. The molecule has 3 rings (SSSR count). The maximum absolute atomic E-state index is 13.1. The maximum atomic E-state index is 13.1. The summed E-state index contributed by atoms with van der Waals surface area (Å²) in [4.78, 5) is 25.3. The fourth-order valence-corrected chi connectivity index (χ4v) is 4.98. The predicted octanol–water partition coefficient (Wildman–Crippen LogP) is 1.62. The zero-order chi connectivity index (χ0) is 23.3. The van der Waals surface area contributed by atoms with E-state index < -0.39 is 27.9 Å². The van der Waals surface area contributed by atoms with Crippen molar-refractivity contribution in [1.82, 2.24) is 9.62 Å². The van der Waals surface area contributed by atoms with E-state index in [9.17, 15) is 22.4 Å². The molecule has 2 N–H and O–H groups in total. The van der Waals surface area contributed by atoms with Gasteiger partial charge in [-0.05, 0) is 30.3 Å².